The first-order valence-corrected chi connectivity index (χ1v) is 5.65. The molecule has 1 fully saturated rings. The second kappa shape index (κ2) is 4.00. The van der Waals surface area contributed by atoms with Gasteiger partial charge in [-0.2, -0.15) is 0 Å². The first-order chi connectivity index (χ1) is 5.91. The third kappa shape index (κ3) is 2.98. The van der Waals surface area contributed by atoms with E-state index in [0.29, 0.717) is 5.41 Å². The average Bonchev–Trinajstić information content (AvgIpc) is 2.31. The van der Waals surface area contributed by atoms with E-state index in [-0.39, 0.29) is 0 Å². The summed E-state index contributed by atoms with van der Waals surface area (Å²) in [6, 6.07) is 0.815. The van der Waals surface area contributed by atoms with Crippen molar-refractivity contribution in [1.82, 2.24) is 4.90 Å². The predicted molar refractivity (Wildman–Crippen MR) is 58.9 cm³/mol. The van der Waals surface area contributed by atoms with Crippen LogP contribution in [0.3, 0.4) is 0 Å². The normalized spacial score (nSPS) is 25.8. The molecule has 0 saturated carbocycles. The third-order valence-corrected chi connectivity index (χ3v) is 2.96. The number of hydrogen-bond donors (Lipinski definition) is 0. The molecule has 0 spiro atoms. The Morgan fingerprint density at radius 3 is 2.38 bits per heavy atom. The Kier molecular flexibility index (Phi) is 3.39. The van der Waals surface area contributed by atoms with E-state index in [9.17, 15) is 0 Å². The lowest BCUT2D eigenvalue weighted by atomic mass is 9.85. The van der Waals surface area contributed by atoms with Crippen molar-refractivity contribution in [1.29, 1.82) is 0 Å². The van der Waals surface area contributed by atoms with Crippen LogP contribution in [0.25, 0.3) is 0 Å². The maximum atomic E-state index is 2.69. The van der Waals surface area contributed by atoms with Crippen molar-refractivity contribution in [2.24, 2.45) is 11.3 Å². The summed E-state index contributed by atoms with van der Waals surface area (Å²) in [6.45, 7) is 14.3. The van der Waals surface area contributed by atoms with Gasteiger partial charge in [-0.3, -0.25) is 4.90 Å². The summed E-state index contributed by atoms with van der Waals surface area (Å²) in [5.74, 6) is 0.808. The maximum Gasteiger partial charge on any atom is 0.0144 e. The highest BCUT2D eigenvalue weighted by atomic mass is 15.2. The molecule has 0 aromatic heterocycles. The van der Waals surface area contributed by atoms with Crippen LogP contribution in [0.1, 0.15) is 47.5 Å². The van der Waals surface area contributed by atoms with Crippen LogP contribution >= 0.6 is 0 Å². The number of hydrogen-bond acceptors (Lipinski definition) is 1. The molecular formula is C12H25N. The van der Waals surface area contributed by atoms with Gasteiger partial charge in [-0.05, 0) is 30.7 Å². The predicted octanol–water partition coefficient (Wildman–Crippen LogP) is 3.15. The highest BCUT2D eigenvalue weighted by Crippen LogP contribution is 2.32. The highest BCUT2D eigenvalue weighted by Gasteiger charge is 2.33. The molecule has 1 aliphatic heterocycles. The first kappa shape index (κ1) is 11.0. The zero-order chi connectivity index (χ0) is 10.1. The van der Waals surface area contributed by atoms with E-state index < -0.39 is 0 Å². The van der Waals surface area contributed by atoms with E-state index in [2.05, 4.69) is 39.5 Å². The standard InChI is InChI=1S/C12H25N/c1-10(2)9-13-8-6-7-11(13)12(3,4)5/h10-11H,6-9H2,1-5H3. The van der Waals surface area contributed by atoms with E-state index in [1.165, 1.54) is 25.9 Å². The smallest absolute Gasteiger partial charge is 0.0144 e. The van der Waals surface area contributed by atoms with Crippen molar-refractivity contribution >= 4 is 0 Å². The molecule has 0 amide bonds. The SMILES string of the molecule is CC(C)CN1CCCC1C(C)(C)C. The zero-order valence-electron chi connectivity index (χ0n) is 9.93. The second-order valence-corrected chi connectivity index (χ2v) is 5.91. The number of rotatable bonds is 2. The average molecular weight is 183 g/mol. The summed E-state index contributed by atoms with van der Waals surface area (Å²) in [7, 11) is 0. The molecule has 1 heterocycles. The van der Waals surface area contributed by atoms with Crippen LogP contribution in [0.4, 0.5) is 0 Å². The molecule has 1 saturated heterocycles. The molecule has 0 aromatic rings. The van der Waals surface area contributed by atoms with E-state index >= 15 is 0 Å². The molecule has 0 N–H and O–H groups in total. The Hall–Kier alpha value is -0.0400. The third-order valence-electron chi connectivity index (χ3n) is 2.96. The Labute approximate surface area is 83.5 Å². The summed E-state index contributed by atoms with van der Waals surface area (Å²) < 4.78 is 0. The highest BCUT2D eigenvalue weighted by molar-refractivity contribution is 4.88. The van der Waals surface area contributed by atoms with Crippen LogP contribution in [0.5, 0.6) is 0 Å². The topological polar surface area (TPSA) is 3.24 Å². The fraction of sp³-hybridized carbons (Fsp3) is 1.00. The van der Waals surface area contributed by atoms with Gasteiger partial charge in [0, 0.05) is 12.6 Å². The van der Waals surface area contributed by atoms with Crippen molar-refractivity contribution in [3.63, 3.8) is 0 Å². The Morgan fingerprint density at radius 2 is 1.92 bits per heavy atom. The summed E-state index contributed by atoms with van der Waals surface area (Å²) in [5.41, 5.74) is 0.464. The molecule has 1 nitrogen and oxygen atoms in total. The van der Waals surface area contributed by atoms with Gasteiger partial charge >= 0.3 is 0 Å². The van der Waals surface area contributed by atoms with Gasteiger partial charge in [0.1, 0.15) is 0 Å². The van der Waals surface area contributed by atoms with E-state index in [1.54, 1.807) is 0 Å². The molecule has 0 aromatic carbocycles. The minimum atomic E-state index is 0.464. The molecular weight excluding hydrogens is 158 g/mol. The van der Waals surface area contributed by atoms with E-state index in [1.807, 2.05) is 0 Å². The summed E-state index contributed by atoms with van der Waals surface area (Å²) in [5, 5.41) is 0. The largest absolute Gasteiger partial charge is 0.300 e. The molecule has 1 aliphatic rings. The Balaban J connectivity index is 2.54. The minimum Gasteiger partial charge on any atom is -0.300 e. The lowest BCUT2D eigenvalue weighted by molar-refractivity contribution is 0.128. The summed E-state index contributed by atoms with van der Waals surface area (Å²) in [6.07, 6.45) is 2.80. The maximum absolute atomic E-state index is 2.69. The van der Waals surface area contributed by atoms with Crippen LogP contribution < -0.4 is 0 Å². The molecule has 1 unspecified atom stereocenters. The first-order valence-electron chi connectivity index (χ1n) is 5.65. The van der Waals surface area contributed by atoms with Gasteiger partial charge in [-0.1, -0.05) is 34.6 Å². The van der Waals surface area contributed by atoms with E-state index in [0.717, 1.165) is 12.0 Å². The lowest BCUT2D eigenvalue weighted by Crippen LogP contribution is -2.41. The van der Waals surface area contributed by atoms with Gasteiger partial charge in [0.2, 0.25) is 0 Å². The van der Waals surface area contributed by atoms with Crippen molar-refractivity contribution < 1.29 is 0 Å². The van der Waals surface area contributed by atoms with Gasteiger partial charge in [0.05, 0.1) is 0 Å². The van der Waals surface area contributed by atoms with Crippen molar-refractivity contribution in [3.05, 3.63) is 0 Å². The molecule has 1 heteroatoms. The Morgan fingerprint density at radius 1 is 1.31 bits per heavy atom. The van der Waals surface area contributed by atoms with Gasteiger partial charge in [-0.25, -0.2) is 0 Å². The number of nitrogens with zero attached hydrogens (tertiary/aromatic N) is 1. The molecule has 0 aliphatic carbocycles. The Bertz CT molecular complexity index is 155. The van der Waals surface area contributed by atoms with Crippen LogP contribution in [0, 0.1) is 11.3 Å². The summed E-state index contributed by atoms with van der Waals surface area (Å²) in [4.78, 5) is 2.69. The fourth-order valence-electron chi connectivity index (χ4n) is 2.49. The number of likely N-dealkylation sites (tertiary alicyclic amines) is 1. The van der Waals surface area contributed by atoms with Crippen LogP contribution in [-0.2, 0) is 0 Å². The lowest BCUT2D eigenvalue weighted by Gasteiger charge is -2.36. The molecule has 1 atom stereocenters. The van der Waals surface area contributed by atoms with Gasteiger partial charge < -0.3 is 0 Å². The quantitative estimate of drug-likeness (QED) is 0.635. The second-order valence-electron chi connectivity index (χ2n) is 5.91. The van der Waals surface area contributed by atoms with E-state index in [4.69, 9.17) is 0 Å². The molecule has 78 valence electrons. The van der Waals surface area contributed by atoms with Crippen LogP contribution in [0.15, 0.2) is 0 Å². The van der Waals surface area contributed by atoms with Crippen molar-refractivity contribution in [2.45, 2.75) is 53.5 Å². The van der Waals surface area contributed by atoms with Gasteiger partial charge in [0.25, 0.3) is 0 Å². The molecule has 0 bridgehead atoms. The minimum absolute atomic E-state index is 0.464. The van der Waals surface area contributed by atoms with Crippen molar-refractivity contribution in [3.8, 4) is 0 Å². The van der Waals surface area contributed by atoms with Crippen molar-refractivity contribution in [2.75, 3.05) is 13.1 Å². The summed E-state index contributed by atoms with van der Waals surface area (Å²) >= 11 is 0. The van der Waals surface area contributed by atoms with Crippen LogP contribution in [0.2, 0.25) is 0 Å². The molecule has 0 radical (unpaired) electrons. The monoisotopic (exact) mass is 183 g/mol. The van der Waals surface area contributed by atoms with Gasteiger partial charge in [0.15, 0.2) is 0 Å². The molecule has 13 heavy (non-hydrogen) atoms. The zero-order valence-corrected chi connectivity index (χ0v) is 9.93. The fourth-order valence-corrected chi connectivity index (χ4v) is 2.49. The van der Waals surface area contributed by atoms with Crippen LogP contribution in [-0.4, -0.2) is 24.0 Å². The molecule has 1 rings (SSSR count). The van der Waals surface area contributed by atoms with Gasteiger partial charge in [-0.15, -0.1) is 0 Å².